The predicted octanol–water partition coefficient (Wildman–Crippen LogP) is 2.20. The summed E-state index contributed by atoms with van der Waals surface area (Å²) in [6, 6.07) is 8.84. The Balaban J connectivity index is 2.13. The molecular weight excluding hydrogens is 158 g/mol. The topological polar surface area (TPSA) is 12.0 Å². The Morgan fingerprint density at radius 3 is 3.15 bits per heavy atom. The molecule has 1 aliphatic heterocycles. The van der Waals surface area contributed by atoms with Gasteiger partial charge in [0.1, 0.15) is 0 Å². The second-order valence-corrected chi connectivity index (χ2v) is 3.91. The van der Waals surface area contributed by atoms with Crippen LogP contribution in [0.4, 0.5) is 0 Å². The Labute approximate surface area is 78.5 Å². The van der Waals surface area contributed by atoms with Crippen molar-refractivity contribution in [1.82, 2.24) is 5.32 Å². The molecule has 1 aliphatic carbocycles. The number of nitrogens with one attached hydrogen (secondary N) is 1. The van der Waals surface area contributed by atoms with Gasteiger partial charge in [-0.15, -0.1) is 0 Å². The third-order valence-electron chi connectivity index (χ3n) is 3.11. The molecule has 1 nitrogen and oxygen atoms in total. The van der Waals surface area contributed by atoms with Crippen LogP contribution in [0.3, 0.4) is 0 Å². The van der Waals surface area contributed by atoms with Gasteiger partial charge in [0.25, 0.3) is 0 Å². The van der Waals surface area contributed by atoms with Gasteiger partial charge in [-0.2, -0.15) is 0 Å². The number of rotatable bonds is 0. The van der Waals surface area contributed by atoms with E-state index in [1.54, 1.807) is 5.56 Å². The molecule has 1 unspecified atom stereocenters. The lowest BCUT2D eigenvalue weighted by atomic mass is 9.94. The zero-order valence-corrected chi connectivity index (χ0v) is 7.59. The van der Waals surface area contributed by atoms with Gasteiger partial charge in [-0.05, 0) is 24.0 Å². The van der Waals surface area contributed by atoms with E-state index in [0.717, 1.165) is 18.9 Å². The lowest BCUT2D eigenvalue weighted by molar-refractivity contribution is 0.755. The maximum absolute atomic E-state index is 3.46. The summed E-state index contributed by atoms with van der Waals surface area (Å²) in [6.07, 6.45) is 4.66. The summed E-state index contributed by atoms with van der Waals surface area (Å²) in [6.45, 7) is 1.13. The summed E-state index contributed by atoms with van der Waals surface area (Å²) >= 11 is 0. The van der Waals surface area contributed by atoms with Crippen molar-refractivity contribution in [3.05, 3.63) is 47.2 Å². The van der Waals surface area contributed by atoms with Gasteiger partial charge in [0.15, 0.2) is 0 Å². The van der Waals surface area contributed by atoms with Gasteiger partial charge in [0.05, 0.1) is 0 Å². The standard InChI is InChI=1S/C12H13N/c1-2-4-12-9(3-1)5-6-11-7-10(12)8-13-11/h1-4,6,10,13H,5,7-8H2. The Morgan fingerprint density at radius 2 is 2.15 bits per heavy atom. The summed E-state index contributed by atoms with van der Waals surface area (Å²) in [4.78, 5) is 0. The first kappa shape index (κ1) is 7.19. The van der Waals surface area contributed by atoms with Crippen molar-refractivity contribution in [3.63, 3.8) is 0 Å². The van der Waals surface area contributed by atoms with Crippen molar-refractivity contribution in [3.8, 4) is 0 Å². The van der Waals surface area contributed by atoms with Gasteiger partial charge in [0, 0.05) is 18.2 Å². The molecule has 2 aliphatic rings. The quantitative estimate of drug-likeness (QED) is 0.631. The van der Waals surface area contributed by atoms with Crippen LogP contribution in [-0.4, -0.2) is 6.54 Å². The summed E-state index contributed by atoms with van der Waals surface area (Å²) in [5.41, 5.74) is 4.52. The zero-order valence-electron chi connectivity index (χ0n) is 7.59. The first-order valence-electron chi connectivity index (χ1n) is 4.94. The molecule has 1 heteroatoms. The summed E-state index contributed by atoms with van der Waals surface area (Å²) in [5.74, 6) is 0.727. The number of hydrogen-bond acceptors (Lipinski definition) is 1. The number of fused-ring (bicyclic) bond motifs is 4. The van der Waals surface area contributed by atoms with Gasteiger partial charge < -0.3 is 5.32 Å². The highest BCUT2D eigenvalue weighted by Gasteiger charge is 2.24. The minimum absolute atomic E-state index is 0.727. The third kappa shape index (κ3) is 1.07. The smallest absolute Gasteiger partial charge is 0.0216 e. The normalized spacial score (nSPS) is 24.3. The third-order valence-corrected chi connectivity index (χ3v) is 3.11. The molecule has 13 heavy (non-hydrogen) atoms. The molecule has 1 N–H and O–H groups in total. The lowest BCUT2D eigenvalue weighted by Crippen LogP contribution is -2.10. The molecule has 1 saturated heterocycles. The Morgan fingerprint density at radius 1 is 1.23 bits per heavy atom. The van der Waals surface area contributed by atoms with Crippen LogP contribution in [0, 0.1) is 0 Å². The van der Waals surface area contributed by atoms with Crippen molar-refractivity contribution < 1.29 is 0 Å². The van der Waals surface area contributed by atoms with E-state index in [1.165, 1.54) is 17.7 Å². The van der Waals surface area contributed by atoms with E-state index in [4.69, 9.17) is 0 Å². The molecule has 1 aromatic rings. The van der Waals surface area contributed by atoms with Crippen LogP contribution in [0.2, 0.25) is 0 Å². The molecule has 1 aromatic carbocycles. The van der Waals surface area contributed by atoms with Gasteiger partial charge in [-0.3, -0.25) is 0 Å². The fourth-order valence-corrected chi connectivity index (χ4v) is 2.39. The van der Waals surface area contributed by atoms with Gasteiger partial charge in [-0.1, -0.05) is 30.3 Å². The first-order valence-corrected chi connectivity index (χ1v) is 4.94. The number of benzene rings is 1. The summed E-state index contributed by atoms with van der Waals surface area (Å²) in [7, 11) is 0. The summed E-state index contributed by atoms with van der Waals surface area (Å²) in [5, 5.41) is 3.46. The van der Waals surface area contributed by atoms with Crippen molar-refractivity contribution in [2.75, 3.05) is 6.54 Å². The molecule has 0 aromatic heterocycles. The highest BCUT2D eigenvalue weighted by molar-refractivity contribution is 5.37. The SMILES string of the molecule is C1=C2CC(CN2)c2ccccc2C1. The van der Waals surface area contributed by atoms with Crippen LogP contribution < -0.4 is 5.32 Å². The Kier molecular flexibility index (Phi) is 1.45. The maximum Gasteiger partial charge on any atom is 0.0216 e. The van der Waals surface area contributed by atoms with E-state index < -0.39 is 0 Å². The van der Waals surface area contributed by atoms with E-state index in [1.807, 2.05) is 0 Å². The first-order chi connectivity index (χ1) is 6.43. The molecule has 0 spiro atoms. The Hall–Kier alpha value is -1.24. The molecule has 1 fully saturated rings. The van der Waals surface area contributed by atoms with E-state index in [-0.39, 0.29) is 0 Å². The predicted molar refractivity (Wildman–Crippen MR) is 53.6 cm³/mol. The van der Waals surface area contributed by atoms with Gasteiger partial charge >= 0.3 is 0 Å². The minimum Gasteiger partial charge on any atom is -0.388 e. The van der Waals surface area contributed by atoms with Crippen molar-refractivity contribution in [2.45, 2.75) is 18.8 Å². The fourth-order valence-electron chi connectivity index (χ4n) is 2.39. The largest absolute Gasteiger partial charge is 0.388 e. The van der Waals surface area contributed by atoms with Crippen LogP contribution in [0.1, 0.15) is 23.5 Å². The molecule has 0 radical (unpaired) electrons. The molecule has 2 bridgehead atoms. The second-order valence-electron chi connectivity index (χ2n) is 3.91. The monoisotopic (exact) mass is 171 g/mol. The fraction of sp³-hybridized carbons (Fsp3) is 0.333. The minimum atomic E-state index is 0.727. The zero-order chi connectivity index (χ0) is 8.67. The van der Waals surface area contributed by atoms with Crippen molar-refractivity contribution in [2.24, 2.45) is 0 Å². The molecule has 0 saturated carbocycles. The molecular formula is C12H13N. The van der Waals surface area contributed by atoms with E-state index in [2.05, 4.69) is 35.7 Å². The van der Waals surface area contributed by atoms with Crippen LogP contribution in [-0.2, 0) is 6.42 Å². The lowest BCUT2D eigenvalue weighted by Gasteiger charge is -2.12. The van der Waals surface area contributed by atoms with Crippen LogP contribution in [0.5, 0.6) is 0 Å². The molecule has 1 atom stereocenters. The average molecular weight is 171 g/mol. The van der Waals surface area contributed by atoms with E-state index in [0.29, 0.717) is 0 Å². The number of hydrogen-bond donors (Lipinski definition) is 1. The van der Waals surface area contributed by atoms with E-state index >= 15 is 0 Å². The molecule has 66 valence electrons. The van der Waals surface area contributed by atoms with E-state index in [9.17, 15) is 0 Å². The van der Waals surface area contributed by atoms with Gasteiger partial charge in [-0.25, -0.2) is 0 Å². The van der Waals surface area contributed by atoms with Crippen LogP contribution in [0.25, 0.3) is 0 Å². The maximum atomic E-state index is 3.46. The molecule has 3 rings (SSSR count). The average Bonchev–Trinajstić information content (AvgIpc) is 2.54. The second kappa shape index (κ2) is 2.63. The van der Waals surface area contributed by atoms with Crippen LogP contribution >= 0.6 is 0 Å². The van der Waals surface area contributed by atoms with Crippen molar-refractivity contribution in [1.29, 1.82) is 0 Å². The number of allylic oxidation sites excluding steroid dienone is 2. The molecule has 1 heterocycles. The van der Waals surface area contributed by atoms with Crippen LogP contribution in [0.15, 0.2) is 36.0 Å². The van der Waals surface area contributed by atoms with Crippen molar-refractivity contribution >= 4 is 0 Å². The summed E-state index contributed by atoms with van der Waals surface area (Å²) < 4.78 is 0. The highest BCUT2D eigenvalue weighted by atomic mass is 14.9. The molecule has 0 amide bonds. The highest BCUT2D eigenvalue weighted by Crippen LogP contribution is 2.33. The van der Waals surface area contributed by atoms with Gasteiger partial charge in [0.2, 0.25) is 0 Å². The Bertz CT molecular complexity index is 365.